The summed E-state index contributed by atoms with van der Waals surface area (Å²) in [6, 6.07) is 1.29. The van der Waals surface area contributed by atoms with Crippen molar-refractivity contribution in [2.45, 2.75) is 18.6 Å². The van der Waals surface area contributed by atoms with Crippen molar-refractivity contribution in [3.05, 3.63) is 27.5 Å². The van der Waals surface area contributed by atoms with E-state index in [0.717, 1.165) is 18.0 Å². The minimum absolute atomic E-state index is 0.0704. The SMILES string of the molecule is CC(=O)SC1CC(=O)N(c2cc(Cl)ncc2[N+](=O)[O-])C1. The number of hydrogen-bond acceptors (Lipinski definition) is 6. The largest absolute Gasteiger partial charge is 0.311 e. The lowest BCUT2D eigenvalue weighted by Gasteiger charge is -2.16. The summed E-state index contributed by atoms with van der Waals surface area (Å²) >= 11 is 6.80. The molecule has 0 bridgehead atoms. The Kier molecular flexibility index (Phi) is 4.24. The summed E-state index contributed by atoms with van der Waals surface area (Å²) in [5.41, 5.74) is -0.164. The molecule has 2 heterocycles. The highest BCUT2D eigenvalue weighted by Gasteiger charge is 2.35. The van der Waals surface area contributed by atoms with Crippen molar-refractivity contribution in [3.8, 4) is 0 Å². The van der Waals surface area contributed by atoms with Gasteiger partial charge in [-0.15, -0.1) is 0 Å². The fraction of sp³-hybridized carbons (Fsp3) is 0.364. The van der Waals surface area contributed by atoms with Crippen LogP contribution >= 0.6 is 23.4 Å². The Morgan fingerprint density at radius 2 is 2.35 bits per heavy atom. The third-order valence-corrected chi connectivity index (χ3v) is 3.93. The van der Waals surface area contributed by atoms with Gasteiger partial charge in [0.25, 0.3) is 0 Å². The molecule has 0 aliphatic carbocycles. The van der Waals surface area contributed by atoms with E-state index in [1.165, 1.54) is 17.9 Å². The summed E-state index contributed by atoms with van der Waals surface area (Å²) < 4.78 is 0. The second-order valence-electron chi connectivity index (χ2n) is 4.19. The van der Waals surface area contributed by atoms with Crippen LogP contribution in [0.4, 0.5) is 11.4 Å². The number of nitro groups is 1. The fourth-order valence-corrected chi connectivity index (χ4v) is 3.06. The Bertz CT molecular complexity index is 595. The quantitative estimate of drug-likeness (QED) is 0.481. The zero-order valence-corrected chi connectivity index (χ0v) is 12.0. The van der Waals surface area contributed by atoms with E-state index in [4.69, 9.17) is 11.6 Å². The molecule has 9 heteroatoms. The summed E-state index contributed by atoms with van der Waals surface area (Å²) in [5, 5.41) is 10.8. The molecule has 1 saturated heterocycles. The standard InChI is InChI=1S/C11H10ClN3O4S/c1-6(16)20-7-2-11(17)14(5-7)8-3-10(12)13-4-9(8)15(18)19/h3-4,7H,2,5H2,1H3. The van der Waals surface area contributed by atoms with Gasteiger partial charge in [-0.2, -0.15) is 0 Å². The van der Waals surface area contributed by atoms with Crippen molar-refractivity contribution in [1.29, 1.82) is 0 Å². The molecule has 1 aliphatic heterocycles. The topological polar surface area (TPSA) is 93.4 Å². The number of hydrogen-bond donors (Lipinski definition) is 0. The van der Waals surface area contributed by atoms with Gasteiger partial charge in [-0.3, -0.25) is 19.7 Å². The minimum atomic E-state index is -0.614. The van der Waals surface area contributed by atoms with Gasteiger partial charge in [0.05, 0.1) is 4.92 Å². The minimum Gasteiger partial charge on any atom is -0.305 e. The number of rotatable bonds is 3. The van der Waals surface area contributed by atoms with Gasteiger partial charge in [-0.25, -0.2) is 4.98 Å². The summed E-state index contributed by atoms with van der Waals surface area (Å²) in [5.74, 6) is -0.269. The monoisotopic (exact) mass is 315 g/mol. The zero-order chi connectivity index (χ0) is 14.9. The lowest BCUT2D eigenvalue weighted by molar-refractivity contribution is -0.384. The highest BCUT2D eigenvalue weighted by molar-refractivity contribution is 8.14. The van der Waals surface area contributed by atoms with E-state index in [-0.39, 0.29) is 45.8 Å². The van der Waals surface area contributed by atoms with Crippen molar-refractivity contribution in [1.82, 2.24) is 4.98 Å². The maximum Gasteiger partial charge on any atom is 0.311 e. The van der Waals surface area contributed by atoms with Crippen LogP contribution in [-0.2, 0) is 9.59 Å². The number of carbonyl (C=O) groups is 2. The van der Waals surface area contributed by atoms with Crippen LogP contribution in [0.15, 0.2) is 12.3 Å². The van der Waals surface area contributed by atoms with Gasteiger partial charge in [0.15, 0.2) is 5.12 Å². The number of anilines is 1. The Hall–Kier alpha value is -1.67. The Balaban J connectivity index is 2.32. The molecule has 7 nitrogen and oxygen atoms in total. The molecular weight excluding hydrogens is 306 g/mol. The lowest BCUT2D eigenvalue weighted by atomic mass is 10.3. The van der Waals surface area contributed by atoms with Crippen LogP contribution in [-0.4, -0.2) is 32.7 Å². The molecule has 0 N–H and O–H groups in total. The number of thioether (sulfide) groups is 1. The average Bonchev–Trinajstić information content (AvgIpc) is 2.68. The van der Waals surface area contributed by atoms with Crippen molar-refractivity contribution in [2.24, 2.45) is 0 Å². The molecule has 2 rings (SSSR count). The van der Waals surface area contributed by atoms with Crippen molar-refractivity contribution < 1.29 is 14.5 Å². The third kappa shape index (κ3) is 3.07. The van der Waals surface area contributed by atoms with Crippen LogP contribution in [0, 0.1) is 10.1 Å². The van der Waals surface area contributed by atoms with Gasteiger partial charge < -0.3 is 4.90 Å². The number of amides is 1. The number of nitrogens with zero attached hydrogens (tertiary/aromatic N) is 3. The molecule has 106 valence electrons. The fourth-order valence-electron chi connectivity index (χ4n) is 1.99. The van der Waals surface area contributed by atoms with Crippen LogP contribution in [0.25, 0.3) is 0 Å². The summed E-state index contributed by atoms with van der Waals surface area (Å²) in [4.78, 5) is 38.3. The zero-order valence-electron chi connectivity index (χ0n) is 10.4. The Morgan fingerprint density at radius 1 is 1.65 bits per heavy atom. The smallest absolute Gasteiger partial charge is 0.305 e. The van der Waals surface area contributed by atoms with Crippen LogP contribution in [0.5, 0.6) is 0 Å². The van der Waals surface area contributed by atoms with Gasteiger partial charge in [0.1, 0.15) is 17.0 Å². The molecule has 0 aromatic carbocycles. The van der Waals surface area contributed by atoms with E-state index in [9.17, 15) is 19.7 Å². The first-order valence-corrected chi connectivity index (χ1v) is 6.91. The number of pyridine rings is 1. The predicted octanol–water partition coefficient (Wildman–Crippen LogP) is 2.03. The second-order valence-corrected chi connectivity index (χ2v) is 6.06. The lowest BCUT2D eigenvalue weighted by Crippen LogP contribution is -2.26. The van der Waals surface area contributed by atoms with E-state index in [0.29, 0.717) is 0 Å². The van der Waals surface area contributed by atoms with E-state index < -0.39 is 4.92 Å². The molecule has 1 unspecified atom stereocenters. The molecule has 1 atom stereocenters. The Labute approximate surface area is 123 Å². The van der Waals surface area contributed by atoms with Crippen LogP contribution in [0.3, 0.4) is 0 Å². The normalized spacial score (nSPS) is 18.4. The molecule has 0 spiro atoms. The molecule has 1 aliphatic rings. The van der Waals surface area contributed by atoms with Crippen LogP contribution in [0.1, 0.15) is 13.3 Å². The molecule has 1 aromatic heterocycles. The van der Waals surface area contributed by atoms with Gasteiger partial charge in [0, 0.05) is 31.2 Å². The molecule has 1 aromatic rings. The van der Waals surface area contributed by atoms with E-state index in [2.05, 4.69) is 4.98 Å². The maximum absolute atomic E-state index is 12.0. The maximum atomic E-state index is 12.0. The van der Waals surface area contributed by atoms with Crippen molar-refractivity contribution in [3.63, 3.8) is 0 Å². The molecule has 20 heavy (non-hydrogen) atoms. The molecular formula is C11H10ClN3O4S. The summed E-state index contributed by atoms with van der Waals surface area (Å²) in [6.07, 6.45) is 1.19. The van der Waals surface area contributed by atoms with E-state index in [1.807, 2.05) is 0 Å². The van der Waals surface area contributed by atoms with Gasteiger partial charge in [0.2, 0.25) is 5.91 Å². The average molecular weight is 316 g/mol. The number of aromatic nitrogens is 1. The predicted molar refractivity (Wildman–Crippen MR) is 74.9 cm³/mol. The molecule has 1 amide bonds. The first kappa shape index (κ1) is 14.7. The van der Waals surface area contributed by atoms with Gasteiger partial charge in [-0.1, -0.05) is 23.4 Å². The van der Waals surface area contributed by atoms with E-state index >= 15 is 0 Å². The summed E-state index contributed by atoms with van der Waals surface area (Å²) in [7, 11) is 0. The second kappa shape index (κ2) is 5.76. The third-order valence-electron chi connectivity index (χ3n) is 2.74. The molecule has 0 radical (unpaired) electrons. The number of halogens is 1. The van der Waals surface area contributed by atoms with Gasteiger partial charge >= 0.3 is 5.69 Å². The highest BCUT2D eigenvalue weighted by atomic mass is 35.5. The van der Waals surface area contributed by atoms with Crippen LogP contribution < -0.4 is 4.90 Å². The molecule has 0 saturated carbocycles. The van der Waals surface area contributed by atoms with Crippen LogP contribution in [0.2, 0.25) is 5.15 Å². The molecule has 1 fully saturated rings. The van der Waals surface area contributed by atoms with Crippen molar-refractivity contribution in [2.75, 3.05) is 11.4 Å². The highest BCUT2D eigenvalue weighted by Crippen LogP contribution is 2.35. The van der Waals surface area contributed by atoms with Crippen molar-refractivity contribution >= 4 is 45.8 Å². The first-order valence-electron chi connectivity index (χ1n) is 5.66. The van der Waals surface area contributed by atoms with E-state index in [1.54, 1.807) is 0 Å². The van der Waals surface area contributed by atoms with Gasteiger partial charge in [-0.05, 0) is 0 Å². The Morgan fingerprint density at radius 3 is 2.95 bits per heavy atom. The summed E-state index contributed by atoms with van der Waals surface area (Å²) in [6.45, 7) is 1.66. The number of carbonyl (C=O) groups excluding carboxylic acids is 2. The first-order chi connectivity index (χ1) is 9.38.